The SMILES string of the molecule is CCCCCCCC/C=C\CCCCCCCC(=O)OCCCCCCCCCCCCCC/C=C\CCCCCCCCCC(=O)NC(CO)C(O)/C=C/CCCCCCCCCCCCCCCCCCCCCCC. The van der Waals surface area contributed by atoms with Crippen LogP contribution in [0.4, 0.5) is 0 Å². The maximum absolute atomic E-state index is 12.5. The molecule has 0 bridgehead atoms. The van der Waals surface area contributed by atoms with Crippen molar-refractivity contribution in [2.45, 2.75) is 398 Å². The lowest BCUT2D eigenvalue weighted by Crippen LogP contribution is -2.45. The van der Waals surface area contributed by atoms with E-state index >= 15 is 0 Å². The van der Waals surface area contributed by atoms with Crippen LogP contribution in [0.3, 0.4) is 0 Å². The van der Waals surface area contributed by atoms with Gasteiger partial charge in [-0.05, 0) is 83.5 Å². The van der Waals surface area contributed by atoms with Gasteiger partial charge in [0.25, 0.3) is 0 Å². The summed E-state index contributed by atoms with van der Waals surface area (Å²) in [4.78, 5) is 24.6. The van der Waals surface area contributed by atoms with Crippen LogP contribution < -0.4 is 5.32 Å². The second-order valence-corrected chi connectivity index (χ2v) is 24.2. The molecule has 0 aromatic heterocycles. The Bertz CT molecular complexity index is 1260. The molecule has 0 aliphatic rings. The summed E-state index contributed by atoms with van der Waals surface area (Å²) >= 11 is 0. The third-order valence-corrected chi connectivity index (χ3v) is 16.4. The summed E-state index contributed by atoms with van der Waals surface area (Å²) in [6.45, 7) is 4.92. The zero-order chi connectivity index (χ0) is 56.4. The summed E-state index contributed by atoms with van der Waals surface area (Å²) in [7, 11) is 0. The standard InChI is InChI=1S/C72H137NO5/c1-3-5-7-9-11-13-15-17-19-20-21-22-24-27-30-33-37-40-44-48-52-56-60-64-70(75)69(68-74)73-71(76)65-61-57-53-49-45-41-38-34-31-28-25-23-26-29-32-35-39-43-47-51-55-59-63-67-78-72(77)66-62-58-54-50-46-42-36-18-16-14-12-10-8-6-4-2/h18,28,31,36,60,64,69-70,74-75H,3-17,19-27,29-30,32-35,37-59,61-63,65-68H2,1-2H3,(H,73,76)/b31-28-,36-18-,64-60+. The molecule has 2 unspecified atom stereocenters. The number of nitrogens with one attached hydrogen (secondary N) is 1. The Labute approximate surface area is 487 Å². The first-order chi connectivity index (χ1) is 38.5. The molecule has 0 spiro atoms. The van der Waals surface area contributed by atoms with Crippen LogP contribution >= 0.6 is 0 Å². The number of carbonyl (C=O) groups excluding carboxylic acids is 2. The van der Waals surface area contributed by atoms with Gasteiger partial charge >= 0.3 is 5.97 Å². The van der Waals surface area contributed by atoms with E-state index < -0.39 is 12.1 Å². The van der Waals surface area contributed by atoms with Crippen LogP contribution in [0.1, 0.15) is 386 Å². The predicted molar refractivity (Wildman–Crippen MR) is 343 cm³/mol. The minimum Gasteiger partial charge on any atom is -0.466 e. The number of amides is 1. The van der Waals surface area contributed by atoms with Crippen molar-refractivity contribution in [1.82, 2.24) is 5.32 Å². The molecule has 0 aromatic rings. The molecule has 0 aliphatic heterocycles. The lowest BCUT2D eigenvalue weighted by molar-refractivity contribution is -0.143. The molecule has 3 N–H and O–H groups in total. The van der Waals surface area contributed by atoms with Crippen molar-refractivity contribution in [3.8, 4) is 0 Å². The van der Waals surface area contributed by atoms with Crippen molar-refractivity contribution in [1.29, 1.82) is 0 Å². The molecule has 0 fully saturated rings. The Kier molecular flexibility index (Phi) is 65.9. The average Bonchev–Trinajstić information content (AvgIpc) is 3.44. The maximum atomic E-state index is 12.5. The molecule has 6 nitrogen and oxygen atoms in total. The number of aliphatic hydroxyl groups excluding tert-OH is 2. The second-order valence-electron chi connectivity index (χ2n) is 24.2. The van der Waals surface area contributed by atoms with Gasteiger partial charge < -0.3 is 20.3 Å². The van der Waals surface area contributed by atoms with Crippen molar-refractivity contribution in [3.63, 3.8) is 0 Å². The third kappa shape index (κ3) is 63.3. The highest BCUT2D eigenvalue weighted by Gasteiger charge is 2.18. The number of rotatable bonds is 66. The molecule has 0 rings (SSSR count). The number of esters is 1. The van der Waals surface area contributed by atoms with E-state index in [1.807, 2.05) is 6.08 Å². The van der Waals surface area contributed by atoms with Gasteiger partial charge in [-0.3, -0.25) is 9.59 Å². The van der Waals surface area contributed by atoms with Gasteiger partial charge in [0.1, 0.15) is 0 Å². The molecule has 2 atom stereocenters. The van der Waals surface area contributed by atoms with Gasteiger partial charge in [-0.25, -0.2) is 0 Å². The minimum absolute atomic E-state index is 0.00358. The number of hydrogen-bond donors (Lipinski definition) is 3. The van der Waals surface area contributed by atoms with Crippen LogP contribution in [0.25, 0.3) is 0 Å². The van der Waals surface area contributed by atoms with Gasteiger partial charge in [-0.2, -0.15) is 0 Å². The van der Waals surface area contributed by atoms with Crippen LogP contribution in [0, 0.1) is 0 Å². The van der Waals surface area contributed by atoms with E-state index in [0.717, 1.165) is 51.4 Å². The van der Waals surface area contributed by atoms with E-state index in [2.05, 4.69) is 43.5 Å². The van der Waals surface area contributed by atoms with Crippen LogP contribution in [0.15, 0.2) is 36.5 Å². The molecular weight excluding hydrogens is 959 g/mol. The van der Waals surface area contributed by atoms with E-state index in [0.29, 0.717) is 19.4 Å². The molecule has 6 heteroatoms. The fourth-order valence-corrected chi connectivity index (χ4v) is 11.0. The highest BCUT2D eigenvalue weighted by molar-refractivity contribution is 5.76. The lowest BCUT2D eigenvalue weighted by atomic mass is 10.0. The maximum Gasteiger partial charge on any atom is 0.305 e. The van der Waals surface area contributed by atoms with E-state index in [4.69, 9.17) is 4.74 Å². The summed E-state index contributed by atoms with van der Waals surface area (Å²) in [5.41, 5.74) is 0. The molecule has 0 radical (unpaired) electrons. The van der Waals surface area contributed by atoms with E-state index in [1.54, 1.807) is 6.08 Å². The first kappa shape index (κ1) is 76.1. The van der Waals surface area contributed by atoms with Gasteiger partial charge in [-0.15, -0.1) is 0 Å². The Morgan fingerprint density at radius 1 is 0.346 bits per heavy atom. The van der Waals surface area contributed by atoms with Gasteiger partial charge in [0, 0.05) is 12.8 Å². The highest BCUT2D eigenvalue weighted by Crippen LogP contribution is 2.18. The van der Waals surface area contributed by atoms with Gasteiger partial charge in [-0.1, -0.05) is 326 Å². The molecule has 1 amide bonds. The Balaban J connectivity index is 3.44. The van der Waals surface area contributed by atoms with Crippen LogP contribution in [-0.2, 0) is 14.3 Å². The van der Waals surface area contributed by atoms with Crippen molar-refractivity contribution in [2.24, 2.45) is 0 Å². The number of ether oxygens (including phenoxy) is 1. The fourth-order valence-electron chi connectivity index (χ4n) is 11.0. The Morgan fingerprint density at radius 3 is 0.910 bits per heavy atom. The van der Waals surface area contributed by atoms with Crippen LogP contribution in [0.5, 0.6) is 0 Å². The molecule has 0 heterocycles. The summed E-state index contributed by atoms with van der Waals surface area (Å²) in [5, 5.41) is 23.3. The fraction of sp³-hybridized carbons (Fsp3) is 0.889. The van der Waals surface area contributed by atoms with Crippen LogP contribution in [-0.4, -0.2) is 47.4 Å². The smallest absolute Gasteiger partial charge is 0.305 e. The van der Waals surface area contributed by atoms with Crippen LogP contribution in [0.2, 0.25) is 0 Å². The third-order valence-electron chi connectivity index (χ3n) is 16.4. The first-order valence-corrected chi connectivity index (χ1v) is 35.3. The molecule has 78 heavy (non-hydrogen) atoms. The van der Waals surface area contributed by atoms with Gasteiger partial charge in [0.15, 0.2) is 0 Å². The van der Waals surface area contributed by atoms with E-state index in [1.165, 1.54) is 308 Å². The van der Waals surface area contributed by atoms with E-state index in [9.17, 15) is 19.8 Å². The van der Waals surface area contributed by atoms with Crippen molar-refractivity contribution >= 4 is 11.9 Å². The summed E-state index contributed by atoms with van der Waals surface area (Å²) < 4.78 is 5.49. The normalized spacial score (nSPS) is 12.7. The highest BCUT2D eigenvalue weighted by atomic mass is 16.5. The Hall–Kier alpha value is -1.92. The minimum atomic E-state index is -0.850. The number of hydrogen-bond acceptors (Lipinski definition) is 5. The van der Waals surface area contributed by atoms with Crippen molar-refractivity contribution < 1.29 is 24.5 Å². The van der Waals surface area contributed by atoms with Crippen molar-refractivity contribution in [2.75, 3.05) is 13.2 Å². The van der Waals surface area contributed by atoms with E-state index in [-0.39, 0.29) is 18.5 Å². The average molecular weight is 1100 g/mol. The summed E-state index contributed by atoms with van der Waals surface area (Å²) in [6.07, 6.45) is 86.4. The molecular formula is C72H137NO5. The molecule has 460 valence electrons. The number of carbonyl (C=O) groups is 2. The second kappa shape index (κ2) is 67.6. The quantitative estimate of drug-likeness (QED) is 0.0320. The topological polar surface area (TPSA) is 95.9 Å². The lowest BCUT2D eigenvalue weighted by Gasteiger charge is -2.20. The Morgan fingerprint density at radius 2 is 0.603 bits per heavy atom. The van der Waals surface area contributed by atoms with Gasteiger partial charge in [0.2, 0.25) is 5.91 Å². The monoisotopic (exact) mass is 1100 g/mol. The molecule has 0 saturated heterocycles. The zero-order valence-corrected chi connectivity index (χ0v) is 52.7. The molecule has 0 aliphatic carbocycles. The summed E-state index contributed by atoms with van der Waals surface area (Å²) in [6, 6.07) is -0.634. The largest absolute Gasteiger partial charge is 0.466 e. The number of aliphatic hydroxyl groups is 2. The number of unbranched alkanes of at least 4 members (excludes halogenated alkanes) is 51. The molecule has 0 saturated carbocycles. The number of allylic oxidation sites excluding steroid dienone is 5. The molecule has 0 aromatic carbocycles. The zero-order valence-electron chi connectivity index (χ0n) is 52.7. The van der Waals surface area contributed by atoms with Crippen molar-refractivity contribution in [3.05, 3.63) is 36.5 Å². The first-order valence-electron chi connectivity index (χ1n) is 35.3. The predicted octanol–water partition coefficient (Wildman–Crippen LogP) is 22.7. The summed E-state index contributed by atoms with van der Waals surface area (Å²) in [5.74, 6) is -0.0671. The van der Waals surface area contributed by atoms with Gasteiger partial charge in [0.05, 0.1) is 25.4 Å².